The Labute approximate surface area is 107 Å². The van der Waals surface area contributed by atoms with E-state index < -0.39 is 5.92 Å². The van der Waals surface area contributed by atoms with Crippen molar-refractivity contribution in [2.75, 3.05) is 5.32 Å². The van der Waals surface area contributed by atoms with E-state index in [2.05, 4.69) is 10.3 Å². The molecule has 0 aliphatic rings. The molecule has 1 aromatic heterocycles. The molecule has 0 spiro atoms. The van der Waals surface area contributed by atoms with Gasteiger partial charge < -0.3 is 11.1 Å². The van der Waals surface area contributed by atoms with Crippen molar-refractivity contribution < 1.29 is 4.79 Å². The van der Waals surface area contributed by atoms with Crippen LogP contribution in [0.4, 0.5) is 5.69 Å². The molecule has 0 bridgehead atoms. The van der Waals surface area contributed by atoms with E-state index in [1.807, 2.05) is 19.9 Å². The minimum Gasteiger partial charge on any atom is -0.393 e. The molecule has 3 N–H and O–H groups in total. The first-order valence-corrected chi connectivity index (χ1v) is 5.99. The number of anilines is 1. The lowest BCUT2D eigenvalue weighted by Crippen LogP contribution is -2.33. The monoisotopic (exact) mass is 251 g/mol. The third kappa shape index (κ3) is 3.78. The quantitative estimate of drug-likeness (QED) is 0.786. The van der Waals surface area contributed by atoms with Crippen LogP contribution in [0.15, 0.2) is 18.3 Å². The van der Waals surface area contributed by atoms with Gasteiger partial charge in [-0.25, -0.2) is 0 Å². The van der Waals surface area contributed by atoms with Crippen LogP contribution in [-0.4, -0.2) is 15.9 Å². The molecular weight excluding hydrogens is 234 g/mol. The Balaban J connectivity index is 2.77. The first-order valence-electron chi connectivity index (χ1n) is 5.58. The molecule has 1 amide bonds. The number of thiocarbonyl (C=S) groups is 1. The van der Waals surface area contributed by atoms with Crippen LogP contribution >= 0.6 is 12.2 Å². The number of rotatable bonds is 5. The number of amides is 1. The van der Waals surface area contributed by atoms with Gasteiger partial charge in [-0.15, -0.1) is 0 Å². The molecule has 0 aromatic carbocycles. The van der Waals surface area contributed by atoms with Gasteiger partial charge in [-0.1, -0.05) is 25.6 Å². The molecule has 4 nitrogen and oxygen atoms in total. The highest BCUT2D eigenvalue weighted by Gasteiger charge is 2.20. The zero-order chi connectivity index (χ0) is 12.8. The molecule has 1 unspecified atom stereocenters. The highest BCUT2D eigenvalue weighted by Crippen LogP contribution is 2.14. The molecule has 5 heteroatoms. The zero-order valence-corrected chi connectivity index (χ0v) is 10.9. The molecule has 1 atom stereocenters. The van der Waals surface area contributed by atoms with Crippen LogP contribution in [-0.2, 0) is 4.79 Å². The van der Waals surface area contributed by atoms with E-state index in [4.69, 9.17) is 18.0 Å². The van der Waals surface area contributed by atoms with Gasteiger partial charge in [-0.3, -0.25) is 9.78 Å². The number of aromatic nitrogens is 1. The van der Waals surface area contributed by atoms with E-state index >= 15 is 0 Å². The summed E-state index contributed by atoms with van der Waals surface area (Å²) in [6.45, 7) is 3.83. The van der Waals surface area contributed by atoms with E-state index in [0.29, 0.717) is 12.1 Å². The van der Waals surface area contributed by atoms with Crippen LogP contribution in [0.2, 0.25) is 0 Å². The molecule has 1 aromatic rings. The Morgan fingerprint density at radius 1 is 1.65 bits per heavy atom. The van der Waals surface area contributed by atoms with Crippen LogP contribution < -0.4 is 11.1 Å². The van der Waals surface area contributed by atoms with Gasteiger partial charge in [0.2, 0.25) is 5.91 Å². The highest BCUT2D eigenvalue weighted by molar-refractivity contribution is 7.80. The molecule has 92 valence electrons. The summed E-state index contributed by atoms with van der Waals surface area (Å²) in [5, 5.41) is 2.81. The SMILES string of the molecule is CCCC(C(=O)Nc1cccnc1C)C(N)=S. The predicted octanol–water partition coefficient (Wildman–Crippen LogP) is 2.03. The van der Waals surface area contributed by atoms with Crippen LogP contribution in [0.1, 0.15) is 25.5 Å². The third-order valence-corrected chi connectivity index (χ3v) is 2.79. The Morgan fingerprint density at radius 2 is 2.35 bits per heavy atom. The molecule has 0 saturated heterocycles. The van der Waals surface area contributed by atoms with Crippen molar-refractivity contribution in [3.05, 3.63) is 24.0 Å². The Hall–Kier alpha value is -1.49. The molecule has 0 radical (unpaired) electrons. The summed E-state index contributed by atoms with van der Waals surface area (Å²) in [6, 6.07) is 3.58. The van der Waals surface area contributed by atoms with Crippen molar-refractivity contribution in [3.63, 3.8) is 0 Å². The van der Waals surface area contributed by atoms with Gasteiger partial charge in [0.25, 0.3) is 0 Å². The molecule has 0 aliphatic heterocycles. The maximum atomic E-state index is 12.0. The Morgan fingerprint density at radius 3 is 2.88 bits per heavy atom. The number of hydrogen-bond acceptors (Lipinski definition) is 3. The van der Waals surface area contributed by atoms with Crippen LogP contribution in [0.25, 0.3) is 0 Å². The second-order valence-electron chi connectivity index (χ2n) is 3.87. The second kappa shape index (κ2) is 6.30. The number of pyridine rings is 1. The van der Waals surface area contributed by atoms with E-state index in [9.17, 15) is 4.79 Å². The summed E-state index contributed by atoms with van der Waals surface area (Å²) in [5.41, 5.74) is 7.05. The van der Waals surface area contributed by atoms with Gasteiger partial charge >= 0.3 is 0 Å². The zero-order valence-electron chi connectivity index (χ0n) is 10.1. The predicted molar refractivity (Wildman–Crippen MR) is 72.8 cm³/mol. The van der Waals surface area contributed by atoms with Gasteiger partial charge in [0.1, 0.15) is 0 Å². The maximum absolute atomic E-state index is 12.0. The molecule has 17 heavy (non-hydrogen) atoms. The highest BCUT2D eigenvalue weighted by atomic mass is 32.1. The molecule has 0 fully saturated rings. The second-order valence-corrected chi connectivity index (χ2v) is 4.34. The number of nitrogens with two attached hydrogens (primary N) is 1. The van der Waals surface area contributed by atoms with Crippen molar-refractivity contribution in [2.24, 2.45) is 11.7 Å². The molecule has 0 aliphatic carbocycles. The number of nitrogens with one attached hydrogen (secondary N) is 1. The Bertz CT molecular complexity index is 420. The fourth-order valence-electron chi connectivity index (χ4n) is 1.53. The summed E-state index contributed by atoms with van der Waals surface area (Å²) >= 11 is 4.91. The minimum absolute atomic E-state index is 0.157. The Kier molecular flexibility index (Phi) is 5.03. The summed E-state index contributed by atoms with van der Waals surface area (Å²) in [4.78, 5) is 16.3. The number of aryl methyl sites for hydroxylation is 1. The fraction of sp³-hybridized carbons (Fsp3) is 0.417. The topological polar surface area (TPSA) is 68.0 Å². The lowest BCUT2D eigenvalue weighted by molar-refractivity contribution is -0.118. The van der Waals surface area contributed by atoms with Gasteiger partial charge in [0.15, 0.2) is 0 Å². The van der Waals surface area contributed by atoms with E-state index in [1.54, 1.807) is 12.3 Å². The molecule has 1 heterocycles. The normalized spacial score (nSPS) is 11.9. The summed E-state index contributed by atoms with van der Waals surface area (Å²) in [7, 11) is 0. The van der Waals surface area contributed by atoms with Gasteiger partial charge in [0.05, 0.1) is 22.3 Å². The number of hydrogen-bond donors (Lipinski definition) is 2. The van der Waals surface area contributed by atoms with Crippen molar-refractivity contribution >= 4 is 28.8 Å². The molecular formula is C12H17N3OS. The average molecular weight is 251 g/mol. The van der Waals surface area contributed by atoms with Gasteiger partial charge in [-0.2, -0.15) is 0 Å². The maximum Gasteiger partial charge on any atom is 0.234 e. The third-order valence-electron chi connectivity index (χ3n) is 2.50. The van der Waals surface area contributed by atoms with Crippen molar-refractivity contribution in [1.82, 2.24) is 4.98 Å². The average Bonchev–Trinajstić information content (AvgIpc) is 2.28. The summed E-state index contributed by atoms with van der Waals surface area (Å²) in [6.07, 6.45) is 3.21. The van der Waals surface area contributed by atoms with E-state index in [0.717, 1.165) is 12.1 Å². The van der Waals surface area contributed by atoms with Crippen molar-refractivity contribution in [3.8, 4) is 0 Å². The number of carbonyl (C=O) groups is 1. The van der Waals surface area contributed by atoms with E-state index in [1.165, 1.54) is 0 Å². The minimum atomic E-state index is -0.408. The summed E-state index contributed by atoms with van der Waals surface area (Å²) < 4.78 is 0. The van der Waals surface area contributed by atoms with Gasteiger partial charge in [-0.05, 0) is 25.5 Å². The first kappa shape index (κ1) is 13.6. The first-order chi connectivity index (χ1) is 8.06. The smallest absolute Gasteiger partial charge is 0.234 e. The number of nitrogens with zero attached hydrogens (tertiary/aromatic N) is 1. The van der Waals surface area contributed by atoms with Crippen molar-refractivity contribution in [2.45, 2.75) is 26.7 Å². The molecule has 0 saturated carbocycles. The lowest BCUT2D eigenvalue weighted by atomic mass is 10.0. The van der Waals surface area contributed by atoms with Crippen LogP contribution in [0, 0.1) is 12.8 Å². The summed E-state index contributed by atoms with van der Waals surface area (Å²) in [5.74, 6) is -0.565. The van der Waals surface area contributed by atoms with Crippen molar-refractivity contribution in [1.29, 1.82) is 0 Å². The van der Waals surface area contributed by atoms with Crippen LogP contribution in [0.5, 0.6) is 0 Å². The molecule has 1 rings (SSSR count). The van der Waals surface area contributed by atoms with E-state index in [-0.39, 0.29) is 10.9 Å². The standard InChI is InChI=1S/C12H17N3OS/c1-3-5-9(11(13)17)12(16)15-10-6-4-7-14-8(10)2/h4,6-7,9H,3,5H2,1-2H3,(H2,13,17)(H,15,16). The fourth-order valence-corrected chi connectivity index (χ4v) is 1.75. The largest absolute Gasteiger partial charge is 0.393 e. The lowest BCUT2D eigenvalue weighted by Gasteiger charge is -2.15. The van der Waals surface area contributed by atoms with Crippen LogP contribution in [0.3, 0.4) is 0 Å². The number of carbonyl (C=O) groups excluding carboxylic acids is 1. The van der Waals surface area contributed by atoms with Gasteiger partial charge in [0, 0.05) is 6.20 Å².